The highest BCUT2D eigenvalue weighted by Crippen LogP contribution is 2.43. The van der Waals surface area contributed by atoms with Crippen LogP contribution in [0.25, 0.3) is 0 Å². The number of rotatable bonds is 3. The third-order valence-electron chi connectivity index (χ3n) is 3.55. The van der Waals surface area contributed by atoms with E-state index in [9.17, 15) is 4.79 Å². The van der Waals surface area contributed by atoms with Gasteiger partial charge in [0.1, 0.15) is 0 Å². The topological polar surface area (TPSA) is 41.1 Å². The molecule has 0 unspecified atom stereocenters. The zero-order chi connectivity index (χ0) is 11.7. The Bertz CT molecular complexity index is 405. The summed E-state index contributed by atoms with van der Waals surface area (Å²) in [6, 6.07) is 2.43. The van der Waals surface area contributed by atoms with Crippen molar-refractivity contribution >= 4 is 17.2 Å². The number of amides is 1. The minimum absolute atomic E-state index is 0.135. The van der Waals surface area contributed by atoms with E-state index in [1.54, 1.807) is 11.3 Å². The van der Waals surface area contributed by atoms with Crippen molar-refractivity contribution in [1.29, 1.82) is 0 Å². The molecular formula is C13H18N2OS. The minimum Gasteiger partial charge on any atom is -0.347 e. The third-order valence-corrected chi connectivity index (χ3v) is 4.48. The molecule has 3 nitrogen and oxygen atoms in total. The molecular weight excluding hydrogens is 232 g/mol. The summed E-state index contributed by atoms with van der Waals surface area (Å²) < 4.78 is 0. The Morgan fingerprint density at radius 1 is 1.41 bits per heavy atom. The first-order valence-electron chi connectivity index (χ1n) is 6.43. The molecule has 17 heavy (non-hydrogen) atoms. The number of carbonyl (C=O) groups is 1. The van der Waals surface area contributed by atoms with E-state index in [4.69, 9.17) is 0 Å². The van der Waals surface area contributed by atoms with Crippen LogP contribution in [0.2, 0.25) is 0 Å². The summed E-state index contributed by atoms with van der Waals surface area (Å²) in [7, 11) is 0. The summed E-state index contributed by atoms with van der Waals surface area (Å²) in [6.45, 7) is 1.99. The molecule has 3 rings (SSSR count). The molecule has 0 bridgehead atoms. The van der Waals surface area contributed by atoms with E-state index in [2.05, 4.69) is 16.7 Å². The first-order valence-corrected chi connectivity index (χ1v) is 7.31. The summed E-state index contributed by atoms with van der Waals surface area (Å²) >= 11 is 1.58. The molecule has 1 aromatic rings. The molecule has 0 radical (unpaired) electrons. The molecule has 1 amide bonds. The van der Waals surface area contributed by atoms with Crippen LogP contribution in [0.1, 0.15) is 46.8 Å². The molecule has 1 aromatic heterocycles. The predicted molar refractivity (Wildman–Crippen MR) is 69.7 cm³/mol. The van der Waals surface area contributed by atoms with Crippen LogP contribution >= 0.6 is 11.3 Å². The van der Waals surface area contributed by atoms with Crippen molar-refractivity contribution in [2.75, 3.05) is 13.1 Å². The summed E-state index contributed by atoms with van der Waals surface area (Å²) in [5.41, 5.74) is 1.27. The molecule has 92 valence electrons. The SMILES string of the molecule is O=C(N[C@H]1CCCNC1)c1sccc1C1CC1. The molecule has 0 spiro atoms. The molecule has 2 heterocycles. The van der Waals surface area contributed by atoms with Gasteiger partial charge in [-0.25, -0.2) is 0 Å². The van der Waals surface area contributed by atoms with Gasteiger partial charge >= 0.3 is 0 Å². The summed E-state index contributed by atoms with van der Waals surface area (Å²) in [4.78, 5) is 13.1. The fraction of sp³-hybridized carbons (Fsp3) is 0.615. The van der Waals surface area contributed by atoms with Crippen molar-refractivity contribution in [3.05, 3.63) is 21.9 Å². The van der Waals surface area contributed by atoms with Crippen LogP contribution in [0.15, 0.2) is 11.4 Å². The zero-order valence-corrected chi connectivity index (χ0v) is 10.7. The first-order chi connectivity index (χ1) is 8.34. The molecule has 2 fully saturated rings. The summed E-state index contributed by atoms with van der Waals surface area (Å²) in [5.74, 6) is 0.794. The standard InChI is InChI=1S/C13H18N2OS/c16-13(15-10-2-1-6-14-8-10)12-11(5-7-17-12)9-3-4-9/h5,7,9-10,14H,1-4,6,8H2,(H,15,16)/t10-/m0/s1. The molecule has 2 aliphatic rings. The van der Waals surface area contributed by atoms with Gasteiger partial charge in [0.2, 0.25) is 0 Å². The summed E-state index contributed by atoms with van der Waals surface area (Å²) in [5, 5.41) is 8.52. The smallest absolute Gasteiger partial charge is 0.261 e. The predicted octanol–water partition coefficient (Wildman–Crippen LogP) is 2.11. The van der Waals surface area contributed by atoms with Crippen LogP contribution in [0.4, 0.5) is 0 Å². The van der Waals surface area contributed by atoms with E-state index in [1.165, 1.54) is 18.4 Å². The third kappa shape index (κ3) is 2.53. The maximum atomic E-state index is 12.2. The normalized spacial score (nSPS) is 24.6. The fourth-order valence-corrected chi connectivity index (χ4v) is 3.33. The molecule has 0 aromatic carbocycles. The minimum atomic E-state index is 0.135. The molecule has 1 aliphatic heterocycles. The van der Waals surface area contributed by atoms with E-state index in [1.807, 2.05) is 5.38 Å². The van der Waals surface area contributed by atoms with E-state index in [0.29, 0.717) is 12.0 Å². The van der Waals surface area contributed by atoms with Crippen LogP contribution in [0.5, 0.6) is 0 Å². The number of thiophene rings is 1. The molecule has 1 atom stereocenters. The second-order valence-corrected chi connectivity index (χ2v) is 5.91. The average Bonchev–Trinajstić information content (AvgIpc) is 3.08. The van der Waals surface area contributed by atoms with E-state index >= 15 is 0 Å². The van der Waals surface area contributed by atoms with Crippen molar-refractivity contribution < 1.29 is 4.79 Å². The van der Waals surface area contributed by atoms with Gasteiger partial charge in [-0.15, -0.1) is 11.3 Å². The van der Waals surface area contributed by atoms with Gasteiger partial charge < -0.3 is 10.6 Å². The van der Waals surface area contributed by atoms with Crippen LogP contribution < -0.4 is 10.6 Å². The van der Waals surface area contributed by atoms with Gasteiger partial charge in [0.05, 0.1) is 4.88 Å². The fourth-order valence-electron chi connectivity index (χ4n) is 2.45. The lowest BCUT2D eigenvalue weighted by Crippen LogP contribution is -2.45. The van der Waals surface area contributed by atoms with Crippen molar-refractivity contribution in [2.24, 2.45) is 0 Å². The Balaban J connectivity index is 1.66. The largest absolute Gasteiger partial charge is 0.347 e. The highest BCUT2D eigenvalue weighted by atomic mass is 32.1. The Labute approximate surface area is 106 Å². The lowest BCUT2D eigenvalue weighted by molar-refractivity contribution is 0.0934. The van der Waals surface area contributed by atoms with Crippen LogP contribution in [0.3, 0.4) is 0 Å². The maximum absolute atomic E-state index is 12.2. The van der Waals surface area contributed by atoms with Gasteiger partial charge in [-0.2, -0.15) is 0 Å². The number of carbonyl (C=O) groups excluding carboxylic acids is 1. The van der Waals surface area contributed by atoms with E-state index in [-0.39, 0.29) is 5.91 Å². The number of hydrogen-bond donors (Lipinski definition) is 2. The second-order valence-electron chi connectivity index (χ2n) is 5.00. The summed E-state index contributed by atoms with van der Waals surface area (Å²) in [6.07, 6.45) is 4.76. The van der Waals surface area contributed by atoms with Gasteiger partial charge in [-0.3, -0.25) is 4.79 Å². The van der Waals surface area contributed by atoms with Crippen LogP contribution in [-0.4, -0.2) is 25.0 Å². The van der Waals surface area contributed by atoms with E-state index in [0.717, 1.165) is 30.8 Å². The van der Waals surface area contributed by atoms with Crippen molar-refractivity contribution in [3.63, 3.8) is 0 Å². The second kappa shape index (κ2) is 4.78. The Morgan fingerprint density at radius 2 is 2.29 bits per heavy atom. The average molecular weight is 250 g/mol. The Hall–Kier alpha value is -0.870. The van der Waals surface area contributed by atoms with Gasteiger partial charge in [0, 0.05) is 12.6 Å². The zero-order valence-electron chi connectivity index (χ0n) is 9.87. The lowest BCUT2D eigenvalue weighted by Gasteiger charge is -2.23. The molecule has 1 saturated carbocycles. The maximum Gasteiger partial charge on any atom is 0.261 e. The molecule has 4 heteroatoms. The van der Waals surface area contributed by atoms with Crippen molar-refractivity contribution in [2.45, 2.75) is 37.6 Å². The van der Waals surface area contributed by atoms with Crippen molar-refractivity contribution in [3.8, 4) is 0 Å². The Kier molecular flexibility index (Phi) is 3.16. The van der Waals surface area contributed by atoms with Crippen LogP contribution in [0, 0.1) is 0 Å². The van der Waals surface area contributed by atoms with Gasteiger partial charge in [-0.1, -0.05) is 0 Å². The monoisotopic (exact) mass is 250 g/mol. The van der Waals surface area contributed by atoms with Gasteiger partial charge in [0.15, 0.2) is 0 Å². The van der Waals surface area contributed by atoms with E-state index < -0.39 is 0 Å². The molecule has 1 aliphatic carbocycles. The molecule has 2 N–H and O–H groups in total. The Morgan fingerprint density at radius 3 is 3.00 bits per heavy atom. The number of nitrogens with one attached hydrogen (secondary N) is 2. The number of hydrogen-bond acceptors (Lipinski definition) is 3. The molecule has 1 saturated heterocycles. The highest BCUT2D eigenvalue weighted by molar-refractivity contribution is 7.12. The van der Waals surface area contributed by atoms with Crippen molar-refractivity contribution in [1.82, 2.24) is 10.6 Å². The first kappa shape index (κ1) is 11.2. The quantitative estimate of drug-likeness (QED) is 0.862. The van der Waals surface area contributed by atoms with Gasteiger partial charge in [-0.05, 0) is 55.2 Å². The number of piperidine rings is 1. The van der Waals surface area contributed by atoms with Crippen LogP contribution in [-0.2, 0) is 0 Å². The van der Waals surface area contributed by atoms with Gasteiger partial charge in [0.25, 0.3) is 5.91 Å². The highest BCUT2D eigenvalue weighted by Gasteiger charge is 2.29. The lowest BCUT2D eigenvalue weighted by atomic mass is 10.1.